The molecule has 2 heterocycles. The van der Waals surface area contributed by atoms with E-state index in [1.54, 1.807) is 43.3 Å². The van der Waals surface area contributed by atoms with Crippen molar-refractivity contribution in [3.8, 4) is 23.5 Å². The second-order valence-electron chi connectivity index (χ2n) is 7.54. The summed E-state index contributed by atoms with van der Waals surface area (Å²) in [4.78, 5) is 15.7. The lowest BCUT2D eigenvalue weighted by atomic mass is 9.96. The quantitative estimate of drug-likeness (QED) is 0.608. The Morgan fingerprint density at radius 3 is 2.56 bits per heavy atom. The number of aryl methyl sites for hydroxylation is 1. The maximum absolute atomic E-state index is 11.3. The Kier molecular flexibility index (Phi) is 4.88. The number of carboxylic acid groups (broad SMARTS) is 1. The molecular formula is C25H18N4O3. The van der Waals surface area contributed by atoms with Crippen molar-refractivity contribution in [2.45, 2.75) is 20.8 Å². The summed E-state index contributed by atoms with van der Waals surface area (Å²) in [6, 6.07) is 12.7. The molecule has 1 aliphatic carbocycles. The van der Waals surface area contributed by atoms with E-state index in [9.17, 15) is 20.4 Å². The third kappa shape index (κ3) is 3.13. The van der Waals surface area contributed by atoms with Gasteiger partial charge in [0.05, 0.1) is 22.4 Å². The number of benzene rings is 1. The van der Waals surface area contributed by atoms with Gasteiger partial charge in [-0.3, -0.25) is 0 Å². The van der Waals surface area contributed by atoms with Gasteiger partial charge in [-0.15, -0.1) is 0 Å². The van der Waals surface area contributed by atoms with Gasteiger partial charge < -0.3 is 15.3 Å². The molecule has 3 N–H and O–H groups in total. The minimum absolute atomic E-state index is 0.0969. The Balaban J connectivity index is 1.86. The number of nitrogen functional groups attached to an aromatic ring is 1. The van der Waals surface area contributed by atoms with Gasteiger partial charge in [0, 0.05) is 11.1 Å². The topological polar surface area (TPSA) is 137 Å². The van der Waals surface area contributed by atoms with Crippen LogP contribution in [0.2, 0.25) is 0 Å². The smallest absolute Gasteiger partial charge is 0.335 e. The molecule has 1 aliphatic rings. The second kappa shape index (κ2) is 7.57. The summed E-state index contributed by atoms with van der Waals surface area (Å²) in [5, 5.41) is 28.5. The zero-order chi connectivity index (χ0) is 23.2. The molecule has 4 rings (SSSR count). The first-order valence-corrected chi connectivity index (χ1v) is 9.75. The van der Waals surface area contributed by atoms with Crippen LogP contribution in [0.3, 0.4) is 0 Å². The van der Waals surface area contributed by atoms with Crippen LogP contribution < -0.4 is 5.73 Å². The summed E-state index contributed by atoms with van der Waals surface area (Å²) in [5.41, 5.74) is 11.6. The van der Waals surface area contributed by atoms with Crippen molar-refractivity contribution in [3.05, 3.63) is 75.2 Å². The Morgan fingerprint density at radius 1 is 1.16 bits per heavy atom. The molecule has 0 atom stereocenters. The van der Waals surface area contributed by atoms with E-state index in [-0.39, 0.29) is 16.9 Å². The van der Waals surface area contributed by atoms with Gasteiger partial charge in [0.25, 0.3) is 0 Å². The van der Waals surface area contributed by atoms with Crippen LogP contribution in [-0.4, -0.2) is 16.1 Å². The number of anilines is 1. The van der Waals surface area contributed by atoms with E-state index in [1.807, 2.05) is 13.8 Å². The standard InChI is InChI=1S/C25H18N4O3/c1-12-4-5-15(25(30)31)8-17(12)21-7-6-16(32-21)9-18-13(2)19(10-26)23-22(18)14(3)20(11-27)24(28)29-23/h4-9H,1-3H3,(H2,28,29)(H,30,31). The van der Waals surface area contributed by atoms with Crippen molar-refractivity contribution in [3.63, 3.8) is 0 Å². The number of hydrogen-bond donors (Lipinski definition) is 2. The maximum atomic E-state index is 11.3. The average molecular weight is 422 g/mol. The summed E-state index contributed by atoms with van der Waals surface area (Å²) in [6.07, 6.45) is 1.80. The predicted octanol–water partition coefficient (Wildman–Crippen LogP) is 4.96. The molecule has 2 aromatic heterocycles. The van der Waals surface area contributed by atoms with Crippen molar-refractivity contribution in [2.75, 3.05) is 5.73 Å². The third-order valence-electron chi connectivity index (χ3n) is 5.65. The maximum Gasteiger partial charge on any atom is 0.335 e. The molecule has 0 radical (unpaired) electrons. The molecule has 0 bridgehead atoms. The van der Waals surface area contributed by atoms with E-state index in [4.69, 9.17) is 10.2 Å². The summed E-state index contributed by atoms with van der Waals surface area (Å²) >= 11 is 0. The van der Waals surface area contributed by atoms with E-state index in [0.717, 1.165) is 16.7 Å². The molecule has 0 spiro atoms. The van der Waals surface area contributed by atoms with E-state index in [0.29, 0.717) is 39.5 Å². The number of fused-ring (bicyclic) bond motifs is 1. The number of pyridine rings is 1. The van der Waals surface area contributed by atoms with Crippen LogP contribution in [0, 0.1) is 36.5 Å². The van der Waals surface area contributed by atoms with Crippen LogP contribution in [0.1, 0.15) is 51.0 Å². The van der Waals surface area contributed by atoms with Crippen LogP contribution in [0.4, 0.5) is 5.82 Å². The molecule has 0 amide bonds. The summed E-state index contributed by atoms with van der Waals surface area (Å²) < 4.78 is 6.01. The lowest BCUT2D eigenvalue weighted by molar-refractivity contribution is 0.0697. The lowest BCUT2D eigenvalue weighted by Gasteiger charge is -2.10. The summed E-state index contributed by atoms with van der Waals surface area (Å²) in [5.74, 6) is 0.139. The minimum Gasteiger partial charge on any atom is -0.478 e. The van der Waals surface area contributed by atoms with E-state index >= 15 is 0 Å². The highest BCUT2D eigenvalue weighted by molar-refractivity contribution is 6.08. The number of aromatic nitrogens is 1. The normalized spacial score (nSPS) is 13.7. The molecule has 0 aliphatic heterocycles. The number of carbonyl (C=O) groups is 1. The first-order chi connectivity index (χ1) is 15.3. The predicted molar refractivity (Wildman–Crippen MR) is 120 cm³/mol. The van der Waals surface area contributed by atoms with Crippen LogP contribution in [0.25, 0.3) is 28.5 Å². The monoisotopic (exact) mass is 422 g/mol. The van der Waals surface area contributed by atoms with Crippen molar-refractivity contribution in [2.24, 2.45) is 0 Å². The lowest BCUT2D eigenvalue weighted by Crippen LogP contribution is -2.03. The number of nitriles is 2. The SMILES string of the molecule is CC1=C(C#N)c2nc(N)c(C#N)c(C)c2C1=Cc1ccc(-c2cc(C(=O)O)ccc2C)o1. The van der Waals surface area contributed by atoms with Gasteiger partial charge in [0.15, 0.2) is 0 Å². The number of nitrogens with zero attached hydrogens (tertiary/aromatic N) is 3. The van der Waals surface area contributed by atoms with Gasteiger partial charge in [0.2, 0.25) is 0 Å². The second-order valence-corrected chi connectivity index (χ2v) is 7.54. The van der Waals surface area contributed by atoms with Gasteiger partial charge in [-0.05, 0) is 73.4 Å². The van der Waals surface area contributed by atoms with Crippen molar-refractivity contribution < 1.29 is 14.3 Å². The largest absolute Gasteiger partial charge is 0.478 e. The fourth-order valence-corrected chi connectivity index (χ4v) is 3.93. The molecular weight excluding hydrogens is 404 g/mol. The highest BCUT2D eigenvalue weighted by Gasteiger charge is 2.30. The van der Waals surface area contributed by atoms with Crippen molar-refractivity contribution in [1.29, 1.82) is 10.5 Å². The zero-order valence-corrected chi connectivity index (χ0v) is 17.6. The molecule has 7 nitrogen and oxygen atoms in total. The number of hydrogen-bond acceptors (Lipinski definition) is 6. The Bertz CT molecular complexity index is 1460. The van der Waals surface area contributed by atoms with E-state index < -0.39 is 5.97 Å². The number of aromatic carboxylic acids is 1. The molecule has 7 heteroatoms. The Morgan fingerprint density at radius 2 is 1.91 bits per heavy atom. The summed E-state index contributed by atoms with van der Waals surface area (Å²) in [7, 11) is 0. The molecule has 3 aromatic rings. The minimum atomic E-state index is -1.01. The number of furan rings is 1. The number of nitrogens with two attached hydrogens (primary N) is 1. The van der Waals surface area contributed by atoms with Crippen LogP contribution >= 0.6 is 0 Å². The molecule has 32 heavy (non-hydrogen) atoms. The Labute approximate surface area is 184 Å². The van der Waals surface area contributed by atoms with E-state index in [2.05, 4.69) is 17.1 Å². The van der Waals surface area contributed by atoms with Crippen LogP contribution in [0.15, 0.2) is 40.3 Å². The van der Waals surface area contributed by atoms with Gasteiger partial charge in [-0.2, -0.15) is 10.5 Å². The summed E-state index contributed by atoms with van der Waals surface area (Å²) in [6.45, 7) is 5.48. The van der Waals surface area contributed by atoms with Crippen molar-refractivity contribution >= 4 is 29.0 Å². The Hall–Kier alpha value is -4.62. The highest BCUT2D eigenvalue weighted by Crippen LogP contribution is 2.44. The van der Waals surface area contributed by atoms with E-state index in [1.165, 1.54) is 0 Å². The van der Waals surface area contributed by atoms with Gasteiger partial charge >= 0.3 is 5.97 Å². The first-order valence-electron chi connectivity index (χ1n) is 9.75. The first kappa shape index (κ1) is 20.6. The fourth-order valence-electron chi connectivity index (χ4n) is 3.93. The molecule has 0 saturated heterocycles. The average Bonchev–Trinajstić information content (AvgIpc) is 3.31. The van der Waals surface area contributed by atoms with Gasteiger partial charge in [-0.1, -0.05) is 6.07 Å². The number of rotatable bonds is 3. The molecule has 1 aromatic carbocycles. The van der Waals surface area contributed by atoms with Crippen LogP contribution in [-0.2, 0) is 0 Å². The fraction of sp³-hybridized carbons (Fsp3) is 0.120. The number of carboxylic acids is 1. The van der Waals surface area contributed by atoms with Crippen LogP contribution in [0.5, 0.6) is 0 Å². The zero-order valence-electron chi connectivity index (χ0n) is 17.6. The third-order valence-corrected chi connectivity index (χ3v) is 5.65. The molecule has 0 unspecified atom stereocenters. The van der Waals surface area contributed by atoms with Gasteiger partial charge in [0.1, 0.15) is 29.5 Å². The molecule has 0 saturated carbocycles. The van der Waals surface area contributed by atoms with Gasteiger partial charge in [-0.25, -0.2) is 9.78 Å². The number of allylic oxidation sites excluding steroid dienone is 3. The molecule has 156 valence electrons. The molecule has 0 fully saturated rings. The van der Waals surface area contributed by atoms with Crippen molar-refractivity contribution in [1.82, 2.24) is 4.98 Å². The highest BCUT2D eigenvalue weighted by atomic mass is 16.4.